The molecular weight excluding hydrogens is 162 g/mol. The summed E-state index contributed by atoms with van der Waals surface area (Å²) in [6.07, 6.45) is 3.31. The molecule has 0 saturated carbocycles. The lowest BCUT2D eigenvalue weighted by Crippen LogP contribution is -2.19. The maximum Gasteiger partial charge on any atom is 0.160 e. The molecule has 0 aromatic rings. The molecule has 1 atom stereocenters. The molecule has 2 rings (SSSR count). The predicted octanol–water partition coefficient (Wildman–Crippen LogP) is 1.39. The second-order valence-electron chi connectivity index (χ2n) is 2.44. The van der Waals surface area contributed by atoms with Crippen LogP contribution < -0.4 is 0 Å². The van der Waals surface area contributed by atoms with Crippen LogP contribution in [0.2, 0.25) is 0 Å². The van der Waals surface area contributed by atoms with Crippen molar-refractivity contribution < 1.29 is 0 Å². The average molecular weight is 168 g/mol. The summed E-state index contributed by atoms with van der Waals surface area (Å²) < 4.78 is 0. The first-order valence-corrected chi connectivity index (χ1v) is 3.67. The van der Waals surface area contributed by atoms with Crippen LogP contribution in [0, 0.1) is 0 Å². The Morgan fingerprint density at radius 1 is 1.55 bits per heavy atom. The fourth-order valence-electron chi connectivity index (χ4n) is 1.07. The third kappa shape index (κ3) is 1.01. The minimum Gasteiger partial charge on any atom is -0.256 e. The Hall–Kier alpha value is -0.960. The van der Waals surface area contributed by atoms with Crippen LogP contribution in [0.1, 0.15) is 6.92 Å². The largest absolute Gasteiger partial charge is 0.256 e. The summed E-state index contributed by atoms with van der Waals surface area (Å²) in [4.78, 5) is 12.2. The minimum absolute atomic E-state index is 0.125. The van der Waals surface area contributed by atoms with E-state index in [1.807, 2.05) is 13.0 Å². The molecule has 2 aliphatic rings. The van der Waals surface area contributed by atoms with Gasteiger partial charge in [-0.2, -0.15) is 0 Å². The van der Waals surface area contributed by atoms with Crippen molar-refractivity contribution in [3.05, 3.63) is 11.1 Å². The predicted molar refractivity (Wildman–Crippen MR) is 46.8 cm³/mol. The van der Waals surface area contributed by atoms with E-state index in [-0.39, 0.29) is 6.04 Å². The van der Waals surface area contributed by atoms with Crippen molar-refractivity contribution in [1.82, 2.24) is 0 Å². The molecule has 3 nitrogen and oxygen atoms in total. The van der Waals surface area contributed by atoms with Gasteiger partial charge in [0.25, 0.3) is 0 Å². The molecule has 0 aliphatic carbocycles. The van der Waals surface area contributed by atoms with Crippen molar-refractivity contribution in [2.45, 2.75) is 13.0 Å². The highest BCUT2D eigenvalue weighted by Gasteiger charge is 2.24. The molecular formula is C7H6ClN3. The number of allylic oxidation sites excluding steroid dienone is 1. The molecule has 0 aromatic heterocycles. The van der Waals surface area contributed by atoms with Gasteiger partial charge in [0, 0.05) is 5.71 Å². The zero-order chi connectivity index (χ0) is 7.84. The first-order chi connectivity index (χ1) is 5.27. The topological polar surface area (TPSA) is 37.1 Å². The molecule has 0 fully saturated rings. The van der Waals surface area contributed by atoms with E-state index in [0.717, 1.165) is 5.71 Å². The first kappa shape index (κ1) is 6.73. The fraction of sp³-hybridized carbons (Fsp3) is 0.286. The highest BCUT2D eigenvalue weighted by molar-refractivity contribution is 6.36. The van der Waals surface area contributed by atoms with E-state index in [9.17, 15) is 0 Å². The number of fused-ring (bicyclic) bond motifs is 1. The summed E-state index contributed by atoms with van der Waals surface area (Å²) in [5, 5.41) is 0.699. The lowest BCUT2D eigenvalue weighted by Gasteiger charge is -2.11. The third-order valence-corrected chi connectivity index (χ3v) is 1.87. The molecule has 56 valence electrons. The molecule has 11 heavy (non-hydrogen) atoms. The Bertz CT molecular complexity index is 312. The van der Waals surface area contributed by atoms with Crippen LogP contribution in [-0.2, 0) is 0 Å². The van der Waals surface area contributed by atoms with Crippen LogP contribution >= 0.6 is 11.6 Å². The van der Waals surface area contributed by atoms with Gasteiger partial charge in [0.2, 0.25) is 0 Å². The lowest BCUT2D eigenvalue weighted by atomic mass is 10.2. The van der Waals surface area contributed by atoms with E-state index in [1.165, 1.54) is 6.34 Å². The highest BCUT2D eigenvalue weighted by atomic mass is 35.5. The normalized spacial score (nSPS) is 27.5. The Labute approximate surface area is 69.2 Å². The van der Waals surface area contributed by atoms with Gasteiger partial charge in [0.05, 0.1) is 5.03 Å². The van der Waals surface area contributed by atoms with Crippen molar-refractivity contribution in [2.24, 2.45) is 15.0 Å². The van der Waals surface area contributed by atoms with Crippen molar-refractivity contribution in [3.8, 4) is 0 Å². The minimum atomic E-state index is -0.125. The van der Waals surface area contributed by atoms with Gasteiger partial charge in [-0.1, -0.05) is 11.6 Å². The van der Waals surface area contributed by atoms with Crippen LogP contribution in [0.3, 0.4) is 0 Å². The van der Waals surface area contributed by atoms with E-state index >= 15 is 0 Å². The number of hydrogen-bond acceptors (Lipinski definition) is 3. The molecule has 0 N–H and O–H groups in total. The van der Waals surface area contributed by atoms with Gasteiger partial charge in [0.15, 0.2) is 5.84 Å². The smallest absolute Gasteiger partial charge is 0.160 e. The summed E-state index contributed by atoms with van der Waals surface area (Å²) in [6, 6.07) is -0.125. The second-order valence-corrected chi connectivity index (χ2v) is 2.87. The Morgan fingerprint density at radius 2 is 2.36 bits per heavy atom. The molecule has 2 heterocycles. The molecule has 0 aromatic carbocycles. The molecule has 1 unspecified atom stereocenters. The number of rotatable bonds is 0. The standard InChI is InChI=1S/C7H6ClN3/c1-4-2-5(8)6-7(11-4)10-3-9-6/h2-3,6H,1H3. The molecule has 0 bridgehead atoms. The molecule has 0 spiro atoms. The Kier molecular flexibility index (Phi) is 1.39. The number of aliphatic imine (C=N–C) groups is 3. The van der Waals surface area contributed by atoms with Crippen LogP contribution in [0.25, 0.3) is 0 Å². The third-order valence-electron chi connectivity index (χ3n) is 1.55. The van der Waals surface area contributed by atoms with E-state index in [4.69, 9.17) is 11.6 Å². The quantitative estimate of drug-likeness (QED) is 0.523. The fourth-order valence-corrected chi connectivity index (χ4v) is 1.38. The summed E-state index contributed by atoms with van der Waals surface area (Å²) in [5.41, 5.74) is 0.885. The van der Waals surface area contributed by atoms with Crippen molar-refractivity contribution in [3.63, 3.8) is 0 Å². The number of halogens is 1. The van der Waals surface area contributed by atoms with E-state index in [0.29, 0.717) is 10.9 Å². The van der Waals surface area contributed by atoms with E-state index in [1.54, 1.807) is 0 Å². The van der Waals surface area contributed by atoms with Gasteiger partial charge in [-0.05, 0) is 13.0 Å². The van der Waals surface area contributed by atoms with Crippen molar-refractivity contribution >= 4 is 29.5 Å². The molecule has 0 radical (unpaired) electrons. The maximum atomic E-state index is 5.90. The highest BCUT2D eigenvalue weighted by Crippen LogP contribution is 2.20. The Balaban J connectivity index is 2.45. The van der Waals surface area contributed by atoms with Gasteiger partial charge in [0.1, 0.15) is 12.4 Å². The number of dihydropyridines is 1. The van der Waals surface area contributed by atoms with Crippen LogP contribution in [0.5, 0.6) is 0 Å². The zero-order valence-electron chi connectivity index (χ0n) is 5.95. The summed E-state index contributed by atoms with van der Waals surface area (Å²) in [5.74, 6) is 0.704. The molecule has 4 heteroatoms. The first-order valence-electron chi connectivity index (χ1n) is 3.29. The molecule has 0 saturated heterocycles. The van der Waals surface area contributed by atoms with Gasteiger partial charge >= 0.3 is 0 Å². The number of hydrogen-bond donors (Lipinski definition) is 0. The van der Waals surface area contributed by atoms with Crippen LogP contribution in [-0.4, -0.2) is 23.9 Å². The van der Waals surface area contributed by atoms with Crippen LogP contribution in [0.4, 0.5) is 0 Å². The summed E-state index contributed by atoms with van der Waals surface area (Å²) >= 11 is 5.90. The van der Waals surface area contributed by atoms with Gasteiger partial charge in [-0.15, -0.1) is 0 Å². The second kappa shape index (κ2) is 2.27. The number of nitrogens with zero attached hydrogens (tertiary/aromatic N) is 3. The van der Waals surface area contributed by atoms with Crippen molar-refractivity contribution in [1.29, 1.82) is 0 Å². The van der Waals surface area contributed by atoms with Gasteiger partial charge in [-0.3, -0.25) is 4.99 Å². The average Bonchev–Trinajstić information content (AvgIpc) is 2.34. The Morgan fingerprint density at radius 3 is 3.18 bits per heavy atom. The monoisotopic (exact) mass is 167 g/mol. The van der Waals surface area contributed by atoms with Gasteiger partial charge < -0.3 is 0 Å². The number of amidine groups is 1. The lowest BCUT2D eigenvalue weighted by molar-refractivity contribution is 1.07. The summed E-state index contributed by atoms with van der Waals surface area (Å²) in [7, 11) is 0. The van der Waals surface area contributed by atoms with Crippen LogP contribution in [0.15, 0.2) is 26.1 Å². The molecule has 2 aliphatic heterocycles. The SMILES string of the molecule is CC1=NC2=NC=NC2C(Cl)=C1. The van der Waals surface area contributed by atoms with E-state index < -0.39 is 0 Å². The zero-order valence-corrected chi connectivity index (χ0v) is 6.71. The summed E-state index contributed by atoms with van der Waals surface area (Å²) in [6.45, 7) is 1.89. The maximum absolute atomic E-state index is 5.90. The van der Waals surface area contributed by atoms with Gasteiger partial charge in [-0.25, -0.2) is 9.98 Å². The van der Waals surface area contributed by atoms with Crippen molar-refractivity contribution in [2.75, 3.05) is 0 Å². The van der Waals surface area contributed by atoms with E-state index in [2.05, 4.69) is 15.0 Å². The molecule has 0 amide bonds.